The van der Waals surface area contributed by atoms with Gasteiger partial charge in [0.25, 0.3) is 0 Å². The highest BCUT2D eigenvalue weighted by atomic mass is 32.2. The van der Waals surface area contributed by atoms with Gasteiger partial charge in [0.2, 0.25) is 15.9 Å². The Kier molecular flexibility index (Phi) is 7.37. The molecule has 1 aliphatic heterocycles. The van der Waals surface area contributed by atoms with Crippen molar-refractivity contribution in [2.75, 3.05) is 24.2 Å². The van der Waals surface area contributed by atoms with Crippen molar-refractivity contribution in [3.63, 3.8) is 0 Å². The molecule has 2 heterocycles. The third kappa shape index (κ3) is 6.07. The number of nitrogens with zero attached hydrogens (tertiary/aromatic N) is 2. The Morgan fingerprint density at radius 3 is 2.79 bits per heavy atom. The van der Waals surface area contributed by atoms with Crippen molar-refractivity contribution in [1.82, 2.24) is 9.29 Å². The SMILES string of the molecule is CCCCS(=O)(=O)N1CCC(C(=O)Nc2ncc(Cc3cccc(F)c3)s2)CC1. The molecule has 0 atom stereocenters. The van der Waals surface area contributed by atoms with Gasteiger partial charge in [-0.05, 0) is 37.0 Å². The first kappa shape index (κ1) is 21.9. The van der Waals surface area contributed by atoms with Crippen LogP contribution in [-0.4, -0.2) is 42.5 Å². The molecule has 9 heteroatoms. The molecule has 1 amide bonds. The predicted molar refractivity (Wildman–Crippen MR) is 113 cm³/mol. The molecule has 1 N–H and O–H groups in total. The number of amides is 1. The van der Waals surface area contributed by atoms with Gasteiger partial charge in [-0.15, -0.1) is 11.3 Å². The van der Waals surface area contributed by atoms with Gasteiger partial charge in [-0.2, -0.15) is 0 Å². The minimum absolute atomic E-state index is 0.123. The fraction of sp³-hybridized carbons (Fsp3) is 0.500. The monoisotopic (exact) mass is 439 g/mol. The van der Waals surface area contributed by atoms with E-state index in [0.29, 0.717) is 43.9 Å². The molecule has 2 aromatic rings. The number of aromatic nitrogens is 1. The van der Waals surface area contributed by atoms with Crippen LogP contribution in [0.2, 0.25) is 0 Å². The number of hydrogen-bond donors (Lipinski definition) is 1. The molecule has 0 saturated carbocycles. The minimum Gasteiger partial charge on any atom is -0.302 e. The topological polar surface area (TPSA) is 79.4 Å². The van der Waals surface area contributed by atoms with Crippen LogP contribution < -0.4 is 5.32 Å². The minimum atomic E-state index is -3.22. The van der Waals surface area contributed by atoms with Gasteiger partial charge in [-0.25, -0.2) is 22.1 Å². The Labute approximate surface area is 175 Å². The number of benzene rings is 1. The molecular formula is C20H26FN3O3S2. The lowest BCUT2D eigenvalue weighted by Crippen LogP contribution is -2.42. The van der Waals surface area contributed by atoms with Crippen LogP contribution >= 0.6 is 11.3 Å². The van der Waals surface area contributed by atoms with Crippen LogP contribution in [0.25, 0.3) is 0 Å². The molecule has 1 saturated heterocycles. The third-order valence-electron chi connectivity index (χ3n) is 5.03. The molecule has 1 aromatic carbocycles. The Morgan fingerprint density at radius 2 is 2.10 bits per heavy atom. The molecule has 1 aliphatic rings. The van der Waals surface area contributed by atoms with Gasteiger partial charge in [-0.1, -0.05) is 25.5 Å². The Balaban J connectivity index is 1.51. The van der Waals surface area contributed by atoms with Crippen molar-refractivity contribution in [3.05, 3.63) is 46.7 Å². The predicted octanol–water partition coefficient (Wildman–Crippen LogP) is 3.65. The second-order valence-electron chi connectivity index (χ2n) is 7.27. The number of sulfonamides is 1. The fourth-order valence-electron chi connectivity index (χ4n) is 3.35. The first-order chi connectivity index (χ1) is 13.9. The van der Waals surface area contributed by atoms with Crippen molar-refractivity contribution < 1.29 is 17.6 Å². The van der Waals surface area contributed by atoms with Crippen molar-refractivity contribution in [2.45, 2.75) is 39.0 Å². The Bertz CT molecular complexity index is 938. The zero-order chi connectivity index (χ0) is 20.9. The quantitative estimate of drug-likeness (QED) is 0.681. The largest absolute Gasteiger partial charge is 0.302 e. The molecule has 6 nitrogen and oxygen atoms in total. The number of hydrogen-bond acceptors (Lipinski definition) is 5. The third-order valence-corrected chi connectivity index (χ3v) is 7.89. The number of unbranched alkanes of at least 4 members (excludes halogenated alkanes) is 1. The Morgan fingerprint density at radius 1 is 1.34 bits per heavy atom. The van der Waals surface area contributed by atoms with Crippen LogP contribution in [0.3, 0.4) is 0 Å². The van der Waals surface area contributed by atoms with E-state index in [1.54, 1.807) is 12.3 Å². The second-order valence-corrected chi connectivity index (χ2v) is 10.5. The first-order valence-corrected chi connectivity index (χ1v) is 12.3. The number of carbonyl (C=O) groups is 1. The van der Waals surface area contributed by atoms with Gasteiger partial charge < -0.3 is 5.32 Å². The summed E-state index contributed by atoms with van der Waals surface area (Å²) in [5, 5.41) is 3.36. The van der Waals surface area contributed by atoms with Gasteiger partial charge in [0, 0.05) is 36.5 Å². The number of anilines is 1. The van der Waals surface area contributed by atoms with E-state index in [9.17, 15) is 17.6 Å². The van der Waals surface area contributed by atoms with Gasteiger partial charge in [0.05, 0.1) is 5.75 Å². The zero-order valence-corrected chi connectivity index (χ0v) is 18.1. The van der Waals surface area contributed by atoms with Crippen LogP contribution in [0.15, 0.2) is 30.5 Å². The molecule has 158 valence electrons. The van der Waals surface area contributed by atoms with E-state index in [-0.39, 0.29) is 23.4 Å². The molecule has 3 rings (SSSR count). The summed E-state index contributed by atoms with van der Waals surface area (Å²) in [6, 6.07) is 6.41. The number of rotatable bonds is 8. The molecule has 0 spiro atoms. The van der Waals surface area contributed by atoms with Gasteiger partial charge >= 0.3 is 0 Å². The maximum atomic E-state index is 13.3. The fourth-order valence-corrected chi connectivity index (χ4v) is 5.88. The molecule has 0 unspecified atom stereocenters. The van der Waals surface area contributed by atoms with Gasteiger partial charge in [0.1, 0.15) is 5.82 Å². The summed E-state index contributed by atoms with van der Waals surface area (Å²) < 4.78 is 39.4. The van der Waals surface area contributed by atoms with E-state index in [2.05, 4.69) is 10.3 Å². The standard InChI is InChI=1S/C20H26FN3O3S2/c1-2-3-11-29(26,27)24-9-7-16(8-10-24)19(25)23-20-22-14-18(28-20)13-15-5-4-6-17(21)12-15/h4-6,12,14,16H,2-3,7-11,13H2,1H3,(H,22,23,25). The van der Waals surface area contributed by atoms with Crippen LogP contribution in [0.5, 0.6) is 0 Å². The molecule has 1 aromatic heterocycles. The molecule has 0 aliphatic carbocycles. The summed E-state index contributed by atoms with van der Waals surface area (Å²) in [5.74, 6) is -0.442. The zero-order valence-electron chi connectivity index (χ0n) is 16.4. The number of piperidine rings is 1. The molecule has 0 radical (unpaired) electrons. The summed E-state index contributed by atoms with van der Waals surface area (Å²) >= 11 is 1.37. The molecule has 0 bridgehead atoms. The van der Waals surface area contributed by atoms with Gasteiger partial charge in [0.15, 0.2) is 5.13 Å². The average Bonchev–Trinajstić information content (AvgIpc) is 3.13. The van der Waals surface area contributed by atoms with E-state index in [1.165, 1.54) is 27.8 Å². The summed E-state index contributed by atoms with van der Waals surface area (Å²) in [5.41, 5.74) is 0.850. The lowest BCUT2D eigenvalue weighted by molar-refractivity contribution is -0.120. The first-order valence-electron chi connectivity index (χ1n) is 9.85. The maximum absolute atomic E-state index is 13.3. The molecular weight excluding hydrogens is 413 g/mol. The normalized spacial score (nSPS) is 16.1. The number of carbonyl (C=O) groups excluding carboxylic acids is 1. The average molecular weight is 440 g/mol. The summed E-state index contributed by atoms with van der Waals surface area (Å²) in [7, 11) is -3.22. The van der Waals surface area contributed by atoms with Crippen LogP contribution in [0.4, 0.5) is 9.52 Å². The maximum Gasteiger partial charge on any atom is 0.229 e. The van der Waals surface area contributed by atoms with E-state index < -0.39 is 10.0 Å². The molecule has 1 fully saturated rings. The summed E-state index contributed by atoms with van der Waals surface area (Å²) in [6.07, 6.45) is 4.77. The van der Waals surface area contributed by atoms with Crippen LogP contribution in [-0.2, 0) is 21.2 Å². The summed E-state index contributed by atoms with van der Waals surface area (Å²) in [6.45, 7) is 2.73. The number of thiazole rings is 1. The van der Waals surface area contributed by atoms with E-state index in [4.69, 9.17) is 0 Å². The van der Waals surface area contributed by atoms with E-state index in [1.807, 2.05) is 13.0 Å². The molecule has 29 heavy (non-hydrogen) atoms. The van der Waals surface area contributed by atoms with Crippen LogP contribution in [0.1, 0.15) is 43.0 Å². The lowest BCUT2D eigenvalue weighted by Gasteiger charge is -2.30. The van der Waals surface area contributed by atoms with Crippen molar-refractivity contribution in [2.24, 2.45) is 5.92 Å². The lowest BCUT2D eigenvalue weighted by atomic mass is 9.97. The van der Waals surface area contributed by atoms with Crippen molar-refractivity contribution in [3.8, 4) is 0 Å². The number of halogens is 1. The van der Waals surface area contributed by atoms with Crippen molar-refractivity contribution >= 4 is 32.4 Å². The van der Waals surface area contributed by atoms with E-state index >= 15 is 0 Å². The summed E-state index contributed by atoms with van der Waals surface area (Å²) in [4.78, 5) is 17.7. The highest BCUT2D eigenvalue weighted by Gasteiger charge is 2.31. The highest BCUT2D eigenvalue weighted by Crippen LogP contribution is 2.25. The highest BCUT2D eigenvalue weighted by molar-refractivity contribution is 7.89. The Hall–Kier alpha value is -1.84. The smallest absolute Gasteiger partial charge is 0.229 e. The van der Waals surface area contributed by atoms with Gasteiger partial charge in [-0.3, -0.25) is 4.79 Å². The number of nitrogens with one attached hydrogen (secondary N) is 1. The van der Waals surface area contributed by atoms with Crippen molar-refractivity contribution in [1.29, 1.82) is 0 Å². The van der Waals surface area contributed by atoms with E-state index in [0.717, 1.165) is 16.9 Å². The second kappa shape index (κ2) is 9.77. The van der Waals surface area contributed by atoms with Crippen LogP contribution in [0, 0.1) is 11.7 Å².